The van der Waals surface area contributed by atoms with E-state index in [1.165, 1.54) is 0 Å². The molecule has 0 spiro atoms. The summed E-state index contributed by atoms with van der Waals surface area (Å²) in [6, 6.07) is 1.56. The summed E-state index contributed by atoms with van der Waals surface area (Å²) in [4.78, 5) is 53.4. The van der Waals surface area contributed by atoms with E-state index in [-0.39, 0.29) is 18.5 Å². The Morgan fingerprint density at radius 2 is 1.96 bits per heavy atom. The van der Waals surface area contributed by atoms with E-state index in [2.05, 4.69) is 41.7 Å². The zero-order valence-electron chi connectivity index (χ0n) is 12.1. The molecule has 0 atom stereocenters. The van der Waals surface area contributed by atoms with Crippen LogP contribution in [0.1, 0.15) is 28.2 Å². The van der Waals surface area contributed by atoms with Gasteiger partial charge >= 0.3 is 5.69 Å². The predicted octanol–water partition coefficient (Wildman–Crippen LogP) is -0.144. The minimum absolute atomic E-state index is 0.0232. The van der Waals surface area contributed by atoms with Gasteiger partial charge in [0.2, 0.25) is 5.91 Å². The Balaban J connectivity index is 1.87. The van der Waals surface area contributed by atoms with Crippen molar-refractivity contribution in [1.82, 2.24) is 25.8 Å². The summed E-state index contributed by atoms with van der Waals surface area (Å²) in [7, 11) is 0. The molecule has 9 nitrogen and oxygen atoms in total. The molecule has 0 unspecified atom stereocenters. The maximum Gasteiger partial charge on any atom is 0.325 e. The van der Waals surface area contributed by atoms with Crippen molar-refractivity contribution in [1.29, 1.82) is 0 Å². The summed E-state index contributed by atoms with van der Waals surface area (Å²) in [5.41, 5.74) is 4.39. The van der Waals surface area contributed by atoms with Crippen LogP contribution in [0.3, 0.4) is 0 Å². The van der Waals surface area contributed by atoms with Crippen molar-refractivity contribution in [2.75, 3.05) is 0 Å². The number of carbonyl (C=O) groups is 2. The first-order valence-corrected chi connectivity index (χ1v) is 7.41. The molecule has 0 saturated carbocycles. The first-order valence-electron chi connectivity index (χ1n) is 6.62. The molecule has 2 heterocycles. The number of aromatic amines is 3. The molecule has 2 aromatic heterocycles. The molecule has 122 valence electrons. The van der Waals surface area contributed by atoms with Crippen LogP contribution in [0.4, 0.5) is 0 Å². The van der Waals surface area contributed by atoms with Crippen LogP contribution in [0, 0.1) is 6.92 Å². The molecule has 0 aliphatic rings. The average molecular weight is 384 g/mol. The molecule has 0 bridgehead atoms. The molecule has 2 aromatic rings. The lowest BCUT2D eigenvalue weighted by molar-refractivity contribution is -0.121. The molecule has 0 saturated heterocycles. The zero-order valence-corrected chi connectivity index (χ0v) is 13.7. The van der Waals surface area contributed by atoms with Gasteiger partial charge in [-0.2, -0.15) is 0 Å². The summed E-state index contributed by atoms with van der Waals surface area (Å²) in [6.07, 6.45) is 1.69. The molecule has 0 fully saturated rings. The Morgan fingerprint density at radius 1 is 1.22 bits per heavy atom. The van der Waals surface area contributed by atoms with Gasteiger partial charge in [0.25, 0.3) is 11.5 Å². The minimum Gasteiger partial charge on any atom is -0.356 e. The van der Waals surface area contributed by atoms with Crippen LogP contribution in [0.15, 0.2) is 26.3 Å². The van der Waals surface area contributed by atoms with Gasteiger partial charge in [0, 0.05) is 28.3 Å². The summed E-state index contributed by atoms with van der Waals surface area (Å²) >= 11 is 3.19. The molecule has 10 heteroatoms. The van der Waals surface area contributed by atoms with Gasteiger partial charge < -0.3 is 9.97 Å². The lowest BCUT2D eigenvalue weighted by Gasteiger charge is -2.07. The number of hydrogen-bond acceptors (Lipinski definition) is 4. The summed E-state index contributed by atoms with van der Waals surface area (Å²) in [5, 5.41) is 0. The highest BCUT2D eigenvalue weighted by molar-refractivity contribution is 9.10. The van der Waals surface area contributed by atoms with Crippen LogP contribution in [0.5, 0.6) is 0 Å². The van der Waals surface area contributed by atoms with E-state index in [0.717, 1.165) is 0 Å². The van der Waals surface area contributed by atoms with Gasteiger partial charge in [-0.3, -0.25) is 30.2 Å². The third kappa shape index (κ3) is 4.42. The highest BCUT2D eigenvalue weighted by atomic mass is 79.9. The number of amides is 2. The Labute approximate surface area is 138 Å². The fourth-order valence-corrected chi connectivity index (χ4v) is 2.26. The third-order valence-electron chi connectivity index (χ3n) is 3.06. The first-order chi connectivity index (χ1) is 10.9. The van der Waals surface area contributed by atoms with Crippen molar-refractivity contribution in [2.45, 2.75) is 19.8 Å². The molecule has 0 radical (unpaired) electrons. The van der Waals surface area contributed by atoms with Crippen LogP contribution in [-0.4, -0.2) is 26.8 Å². The van der Waals surface area contributed by atoms with Crippen molar-refractivity contribution < 1.29 is 9.59 Å². The lowest BCUT2D eigenvalue weighted by atomic mass is 10.1. The van der Waals surface area contributed by atoms with Crippen molar-refractivity contribution in [3.63, 3.8) is 0 Å². The quantitative estimate of drug-likeness (QED) is 0.468. The normalized spacial score (nSPS) is 10.3. The van der Waals surface area contributed by atoms with Crippen molar-refractivity contribution >= 4 is 27.7 Å². The van der Waals surface area contributed by atoms with Crippen LogP contribution in [0.2, 0.25) is 0 Å². The maximum absolute atomic E-state index is 11.7. The average Bonchev–Trinajstić information content (AvgIpc) is 2.90. The summed E-state index contributed by atoms with van der Waals surface area (Å²) in [5.74, 6) is -0.962. The molecule has 5 N–H and O–H groups in total. The maximum atomic E-state index is 11.7. The molecule has 2 rings (SSSR count). The number of carbonyl (C=O) groups excluding carboxylic acids is 2. The van der Waals surface area contributed by atoms with E-state index in [9.17, 15) is 19.2 Å². The van der Waals surface area contributed by atoms with Crippen LogP contribution in [-0.2, 0) is 11.2 Å². The lowest BCUT2D eigenvalue weighted by Crippen LogP contribution is -2.42. The van der Waals surface area contributed by atoms with Gasteiger partial charge in [-0.15, -0.1) is 0 Å². The highest BCUT2D eigenvalue weighted by Gasteiger charge is 2.11. The summed E-state index contributed by atoms with van der Waals surface area (Å²) in [6.45, 7) is 1.58. The SMILES string of the molecule is Cc1[nH]c(=O)[nH]c(=O)c1CCC(=O)NNC(=O)c1cc(Br)c[nH]1. The number of hydrogen-bond donors (Lipinski definition) is 5. The number of H-pyrrole nitrogens is 3. The number of aryl methyl sites for hydroxylation is 1. The van der Waals surface area contributed by atoms with E-state index in [0.29, 0.717) is 15.7 Å². The summed E-state index contributed by atoms with van der Waals surface area (Å²) < 4.78 is 0.710. The first kappa shape index (κ1) is 16.7. The monoisotopic (exact) mass is 383 g/mol. The number of nitrogens with one attached hydrogen (secondary N) is 5. The molecule has 0 aliphatic heterocycles. The van der Waals surface area contributed by atoms with Crippen LogP contribution >= 0.6 is 15.9 Å². The minimum atomic E-state index is -0.593. The Kier molecular flexibility index (Phi) is 5.16. The molecular weight excluding hydrogens is 370 g/mol. The molecular formula is C13H14BrN5O4. The number of hydrazine groups is 1. The number of halogens is 1. The van der Waals surface area contributed by atoms with Gasteiger partial charge in [-0.05, 0) is 35.3 Å². The fourth-order valence-electron chi connectivity index (χ4n) is 1.92. The second kappa shape index (κ2) is 7.09. The van der Waals surface area contributed by atoms with Crippen molar-refractivity contribution in [3.05, 3.63) is 54.5 Å². The van der Waals surface area contributed by atoms with Crippen molar-refractivity contribution in [3.8, 4) is 0 Å². The Morgan fingerprint density at radius 3 is 2.57 bits per heavy atom. The van der Waals surface area contributed by atoms with Gasteiger partial charge in [0.15, 0.2) is 0 Å². The van der Waals surface area contributed by atoms with E-state index in [1.807, 2.05) is 0 Å². The van der Waals surface area contributed by atoms with Gasteiger partial charge in [-0.1, -0.05) is 0 Å². The second-order valence-corrected chi connectivity index (χ2v) is 5.66. The van der Waals surface area contributed by atoms with Crippen LogP contribution < -0.4 is 22.1 Å². The second-order valence-electron chi connectivity index (χ2n) is 4.75. The zero-order chi connectivity index (χ0) is 17.0. The van der Waals surface area contributed by atoms with E-state index >= 15 is 0 Å². The van der Waals surface area contributed by atoms with Gasteiger partial charge in [0.1, 0.15) is 5.69 Å². The fraction of sp³-hybridized carbons (Fsp3) is 0.231. The van der Waals surface area contributed by atoms with E-state index in [1.54, 1.807) is 19.2 Å². The largest absolute Gasteiger partial charge is 0.356 e. The smallest absolute Gasteiger partial charge is 0.325 e. The van der Waals surface area contributed by atoms with Crippen molar-refractivity contribution in [2.24, 2.45) is 0 Å². The third-order valence-corrected chi connectivity index (χ3v) is 3.52. The standard InChI is InChI=1S/C13H14BrN5O4/c1-6-8(11(21)17-13(23)16-6)2-3-10(20)18-19-12(22)9-4-7(14)5-15-9/h4-5,15H,2-3H2,1H3,(H,18,20)(H,19,22)(H2,16,17,21,23). The van der Waals surface area contributed by atoms with Gasteiger partial charge in [-0.25, -0.2) is 4.79 Å². The number of aromatic nitrogens is 3. The van der Waals surface area contributed by atoms with E-state index in [4.69, 9.17) is 0 Å². The van der Waals surface area contributed by atoms with Gasteiger partial charge in [0.05, 0.1) is 0 Å². The Hall–Kier alpha value is -2.62. The topological polar surface area (TPSA) is 140 Å². The van der Waals surface area contributed by atoms with Crippen LogP contribution in [0.25, 0.3) is 0 Å². The molecule has 0 aromatic carbocycles. The predicted molar refractivity (Wildman–Crippen MR) is 84.8 cm³/mol. The Bertz CT molecular complexity index is 851. The molecule has 2 amide bonds. The molecule has 0 aliphatic carbocycles. The van der Waals surface area contributed by atoms with E-state index < -0.39 is 23.1 Å². The highest BCUT2D eigenvalue weighted by Crippen LogP contribution is 2.09. The number of rotatable bonds is 4. The molecule has 23 heavy (non-hydrogen) atoms.